The molecule has 0 spiro atoms. The molecule has 0 bridgehead atoms. The van der Waals surface area contributed by atoms with E-state index < -0.39 is 8.56 Å². The van der Waals surface area contributed by atoms with Gasteiger partial charge in [0, 0.05) is 14.2 Å². The summed E-state index contributed by atoms with van der Waals surface area (Å²) in [4.78, 5) is 0. The molecule has 0 aromatic rings. The SMILES string of the molecule is CO[Si](C)(CCC(C)(C)C)OC. The van der Waals surface area contributed by atoms with E-state index in [0.29, 0.717) is 5.41 Å². The summed E-state index contributed by atoms with van der Waals surface area (Å²) in [5.74, 6) is 0. The maximum atomic E-state index is 5.40. The highest BCUT2D eigenvalue weighted by Crippen LogP contribution is 2.26. The molecule has 74 valence electrons. The van der Waals surface area contributed by atoms with Crippen LogP contribution in [0.5, 0.6) is 0 Å². The van der Waals surface area contributed by atoms with Crippen LogP contribution in [0.3, 0.4) is 0 Å². The van der Waals surface area contributed by atoms with E-state index >= 15 is 0 Å². The fourth-order valence-corrected chi connectivity index (χ4v) is 2.67. The summed E-state index contributed by atoms with van der Waals surface area (Å²) in [6.07, 6.45) is 1.16. The molecule has 0 saturated heterocycles. The Morgan fingerprint density at radius 3 is 1.75 bits per heavy atom. The normalized spacial score (nSPS) is 13.5. The minimum absolute atomic E-state index is 0.380. The quantitative estimate of drug-likeness (QED) is 0.635. The van der Waals surface area contributed by atoms with Crippen molar-refractivity contribution in [2.45, 2.75) is 39.8 Å². The highest BCUT2D eigenvalue weighted by Gasteiger charge is 2.30. The van der Waals surface area contributed by atoms with Gasteiger partial charge in [0.15, 0.2) is 0 Å². The van der Waals surface area contributed by atoms with Crippen molar-refractivity contribution in [3.63, 3.8) is 0 Å². The van der Waals surface area contributed by atoms with Crippen LogP contribution in [-0.4, -0.2) is 22.8 Å². The number of hydrogen-bond acceptors (Lipinski definition) is 2. The highest BCUT2D eigenvalue weighted by molar-refractivity contribution is 6.65. The molecule has 0 heterocycles. The summed E-state index contributed by atoms with van der Waals surface area (Å²) < 4.78 is 10.8. The number of rotatable bonds is 4. The zero-order valence-electron chi connectivity index (χ0n) is 9.23. The van der Waals surface area contributed by atoms with Crippen LogP contribution in [-0.2, 0) is 8.85 Å². The van der Waals surface area contributed by atoms with Crippen molar-refractivity contribution < 1.29 is 8.85 Å². The van der Waals surface area contributed by atoms with Crippen LogP contribution in [0.1, 0.15) is 27.2 Å². The second kappa shape index (κ2) is 4.39. The minimum atomic E-state index is -1.81. The second-order valence-electron chi connectivity index (χ2n) is 4.60. The first-order valence-electron chi connectivity index (χ1n) is 4.43. The van der Waals surface area contributed by atoms with Gasteiger partial charge in [-0.3, -0.25) is 0 Å². The topological polar surface area (TPSA) is 18.5 Å². The van der Waals surface area contributed by atoms with Gasteiger partial charge in [-0.05, 0) is 24.4 Å². The fraction of sp³-hybridized carbons (Fsp3) is 1.00. The molecule has 0 amide bonds. The van der Waals surface area contributed by atoms with Crippen LogP contribution in [0.15, 0.2) is 0 Å². The third-order valence-corrected chi connectivity index (χ3v) is 5.08. The Morgan fingerprint density at radius 2 is 1.50 bits per heavy atom. The molecule has 12 heavy (non-hydrogen) atoms. The Kier molecular flexibility index (Phi) is 4.44. The van der Waals surface area contributed by atoms with Gasteiger partial charge in [-0.15, -0.1) is 0 Å². The smallest absolute Gasteiger partial charge is 0.334 e. The minimum Gasteiger partial charge on any atom is -0.398 e. The molecular weight excluding hydrogens is 168 g/mol. The highest BCUT2D eigenvalue weighted by atomic mass is 28.4. The van der Waals surface area contributed by atoms with Gasteiger partial charge < -0.3 is 8.85 Å². The molecule has 0 saturated carbocycles. The lowest BCUT2D eigenvalue weighted by molar-refractivity contribution is 0.240. The largest absolute Gasteiger partial charge is 0.398 e. The predicted molar refractivity (Wildman–Crippen MR) is 54.5 cm³/mol. The predicted octanol–water partition coefficient (Wildman–Crippen LogP) is 2.79. The summed E-state index contributed by atoms with van der Waals surface area (Å²) in [6, 6.07) is 1.07. The molecule has 0 aromatic carbocycles. The molecule has 2 nitrogen and oxygen atoms in total. The van der Waals surface area contributed by atoms with Crippen LogP contribution in [0.4, 0.5) is 0 Å². The summed E-state index contributed by atoms with van der Waals surface area (Å²) in [7, 11) is 1.69. The molecule has 0 fully saturated rings. The van der Waals surface area contributed by atoms with E-state index in [0.717, 1.165) is 12.5 Å². The van der Waals surface area contributed by atoms with Crippen molar-refractivity contribution in [2.24, 2.45) is 5.41 Å². The van der Waals surface area contributed by atoms with Crippen molar-refractivity contribution in [1.82, 2.24) is 0 Å². The molecule has 3 heteroatoms. The van der Waals surface area contributed by atoms with E-state index in [1.165, 1.54) is 0 Å². The van der Waals surface area contributed by atoms with Gasteiger partial charge in [-0.2, -0.15) is 0 Å². The summed E-state index contributed by atoms with van der Waals surface area (Å²) in [6.45, 7) is 8.84. The Balaban J connectivity index is 3.89. The van der Waals surface area contributed by atoms with Crippen LogP contribution in [0.2, 0.25) is 12.6 Å². The van der Waals surface area contributed by atoms with E-state index in [9.17, 15) is 0 Å². The van der Waals surface area contributed by atoms with Gasteiger partial charge in [-0.25, -0.2) is 0 Å². The van der Waals surface area contributed by atoms with E-state index in [4.69, 9.17) is 8.85 Å². The Labute approximate surface area is 77.5 Å². The van der Waals surface area contributed by atoms with Gasteiger partial charge in [0.1, 0.15) is 0 Å². The lowest BCUT2D eigenvalue weighted by atomic mass is 9.94. The lowest BCUT2D eigenvalue weighted by Crippen LogP contribution is -2.36. The maximum absolute atomic E-state index is 5.40. The molecular formula is C9H22O2Si. The first-order valence-corrected chi connectivity index (χ1v) is 6.96. The van der Waals surface area contributed by atoms with Crippen LogP contribution >= 0.6 is 0 Å². The van der Waals surface area contributed by atoms with Crippen LogP contribution < -0.4 is 0 Å². The molecule has 0 N–H and O–H groups in total. The molecule has 0 aliphatic heterocycles. The van der Waals surface area contributed by atoms with Crippen molar-refractivity contribution >= 4 is 8.56 Å². The van der Waals surface area contributed by atoms with Gasteiger partial charge in [-0.1, -0.05) is 20.8 Å². The molecule has 0 aliphatic carbocycles. The zero-order chi connectivity index (χ0) is 9.83. The van der Waals surface area contributed by atoms with Gasteiger partial charge in [0.2, 0.25) is 0 Å². The fourth-order valence-electron chi connectivity index (χ4n) is 0.890. The molecule has 0 unspecified atom stereocenters. The van der Waals surface area contributed by atoms with Gasteiger partial charge in [0.25, 0.3) is 0 Å². The lowest BCUT2D eigenvalue weighted by Gasteiger charge is -2.26. The average molecular weight is 190 g/mol. The Morgan fingerprint density at radius 1 is 1.08 bits per heavy atom. The van der Waals surface area contributed by atoms with Crippen molar-refractivity contribution in [1.29, 1.82) is 0 Å². The molecule has 0 radical (unpaired) electrons. The zero-order valence-corrected chi connectivity index (χ0v) is 10.2. The van der Waals surface area contributed by atoms with E-state index in [-0.39, 0.29) is 0 Å². The third-order valence-electron chi connectivity index (χ3n) is 2.19. The first kappa shape index (κ1) is 12.1. The van der Waals surface area contributed by atoms with Crippen LogP contribution in [0.25, 0.3) is 0 Å². The third kappa shape index (κ3) is 4.90. The summed E-state index contributed by atoms with van der Waals surface area (Å²) >= 11 is 0. The second-order valence-corrected chi connectivity index (χ2v) is 8.19. The molecule has 0 rings (SSSR count). The first-order chi connectivity index (χ1) is 5.33. The Hall–Kier alpha value is 0.137. The van der Waals surface area contributed by atoms with E-state index in [1.807, 2.05) is 0 Å². The molecule has 0 aliphatic rings. The van der Waals surface area contributed by atoms with Crippen molar-refractivity contribution in [2.75, 3.05) is 14.2 Å². The monoisotopic (exact) mass is 190 g/mol. The van der Waals surface area contributed by atoms with E-state index in [1.54, 1.807) is 14.2 Å². The van der Waals surface area contributed by atoms with E-state index in [2.05, 4.69) is 27.3 Å². The molecule has 0 aromatic heterocycles. The molecule has 0 atom stereocenters. The summed E-state index contributed by atoms with van der Waals surface area (Å²) in [5.41, 5.74) is 0.380. The van der Waals surface area contributed by atoms with Crippen molar-refractivity contribution in [3.05, 3.63) is 0 Å². The van der Waals surface area contributed by atoms with Crippen LogP contribution in [0, 0.1) is 5.41 Å². The standard InChI is InChI=1S/C9H22O2Si/c1-9(2,3)7-8-12(6,10-4)11-5/h7-8H2,1-6H3. The Bertz CT molecular complexity index is 125. The van der Waals surface area contributed by atoms with Crippen molar-refractivity contribution in [3.8, 4) is 0 Å². The maximum Gasteiger partial charge on any atom is 0.334 e. The summed E-state index contributed by atoms with van der Waals surface area (Å²) in [5, 5.41) is 0. The van der Waals surface area contributed by atoms with Gasteiger partial charge in [0.05, 0.1) is 0 Å². The number of hydrogen-bond donors (Lipinski definition) is 0. The van der Waals surface area contributed by atoms with Gasteiger partial charge >= 0.3 is 8.56 Å². The average Bonchev–Trinajstić information content (AvgIpc) is 1.99.